The van der Waals surface area contributed by atoms with Gasteiger partial charge in [-0.1, -0.05) is 24.3 Å². The van der Waals surface area contributed by atoms with E-state index in [4.69, 9.17) is 6.42 Å². The van der Waals surface area contributed by atoms with E-state index in [0.717, 1.165) is 32.1 Å². The maximum atomic E-state index is 11.2. The van der Waals surface area contributed by atoms with Crippen LogP contribution in [0, 0.1) is 24.2 Å². The van der Waals surface area contributed by atoms with Gasteiger partial charge in [-0.15, -0.1) is 12.3 Å². The molecule has 2 aliphatic carbocycles. The molecule has 0 aliphatic heterocycles. The highest BCUT2D eigenvalue weighted by molar-refractivity contribution is 5.31. The fourth-order valence-electron chi connectivity index (χ4n) is 4.16. The van der Waals surface area contributed by atoms with Crippen molar-refractivity contribution in [2.24, 2.45) is 11.8 Å². The third kappa shape index (κ3) is 2.19. The van der Waals surface area contributed by atoms with Gasteiger partial charge < -0.3 is 5.11 Å². The summed E-state index contributed by atoms with van der Waals surface area (Å²) in [5.41, 5.74) is 2.42. The van der Waals surface area contributed by atoms with Crippen LogP contribution in [0.1, 0.15) is 43.2 Å². The molecule has 2 unspecified atom stereocenters. The van der Waals surface area contributed by atoms with Crippen molar-refractivity contribution in [2.45, 2.75) is 50.5 Å². The van der Waals surface area contributed by atoms with Crippen LogP contribution in [0.15, 0.2) is 24.3 Å². The number of rotatable bonds is 3. The van der Waals surface area contributed by atoms with Gasteiger partial charge in [0.15, 0.2) is 0 Å². The predicted octanol–water partition coefficient (Wildman–Crippen LogP) is 3.35. The van der Waals surface area contributed by atoms with Crippen molar-refractivity contribution >= 4 is 0 Å². The second kappa shape index (κ2) is 5.02. The van der Waals surface area contributed by atoms with E-state index in [0.29, 0.717) is 11.8 Å². The van der Waals surface area contributed by atoms with Gasteiger partial charge >= 0.3 is 0 Å². The highest BCUT2D eigenvalue weighted by atomic mass is 16.3. The fourth-order valence-corrected chi connectivity index (χ4v) is 4.16. The van der Waals surface area contributed by atoms with Crippen LogP contribution in [-0.4, -0.2) is 10.7 Å². The van der Waals surface area contributed by atoms with Gasteiger partial charge in [0.05, 0.1) is 5.60 Å². The Kier molecular flexibility index (Phi) is 3.37. The van der Waals surface area contributed by atoms with E-state index in [1.54, 1.807) is 0 Å². The molecule has 2 bridgehead atoms. The molecule has 2 atom stereocenters. The quantitative estimate of drug-likeness (QED) is 0.648. The predicted molar refractivity (Wildman–Crippen MR) is 77.7 cm³/mol. The van der Waals surface area contributed by atoms with Crippen LogP contribution in [-0.2, 0) is 12.8 Å². The van der Waals surface area contributed by atoms with Gasteiger partial charge in [-0.05, 0) is 61.5 Å². The van der Waals surface area contributed by atoms with Crippen LogP contribution in [0.5, 0.6) is 0 Å². The molecule has 0 aromatic heterocycles. The van der Waals surface area contributed by atoms with Gasteiger partial charge in [0.1, 0.15) is 0 Å². The van der Waals surface area contributed by atoms with Gasteiger partial charge in [-0.25, -0.2) is 0 Å². The van der Waals surface area contributed by atoms with Crippen LogP contribution < -0.4 is 0 Å². The van der Waals surface area contributed by atoms with Crippen LogP contribution in [0.3, 0.4) is 0 Å². The van der Waals surface area contributed by atoms with Gasteiger partial charge in [-0.2, -0.15) is 0 Å². The van der Waals surface area contributed by atoms with Crippen LogP contribution in [0.25, 0.3) is 0 Å². The first-order valence-corrected chi connectivity index (χ1v) is 7.46. The zero-order valence-electron chi connectivity index (χ0n) is 11.4. The fraction of sp³-hybridized carbons (Fsp3) is 0.556. The molecule has 2 aliphatic rings. The average molecular weight is 254 g/mol. The van der Waals surface area contributed by atoms with Gasteiger partial charge in [0.2, 0.25) is 0 Å². The van der Waals surface area contributed by atoms with Crippen LogP contribution >= 0.6 is 0 Å². The molecular formula is C18H22O. The van der Waals surface area contributed by atoms with E-state index in [1.807, 2.05) is 0 Å². The topological polar surface area (TPSA) is 20.2 Å². The Bertz CT molecular complexity index is 464. The summed E-state index contributed by atoms with van der Waals surface area (Å²) in [6.45, 7) is 0. The Morgan fingerprint density at radius 1 is 1.16 bits per heavy atom. The smallest absolute Gasteiger partial charge is 0.0710 e. The SMILES string of the molecule is C#CCCCC1(O)C2CCC1Cc1ccccc1C2. The Balaban J connectivity index is 1.85. The van der Waals surface area contributed by atoms with E-state index in [1.165, 1.54) is 24.0 Å². The summed E-state index contributed by atoms with van der Waals surface area (Å²) in [6.07, 6.45) is 12.4. The highest BCUT2D eigenvalue weighted by Crippen LogP contribution is 2.49. The summed E-state index contributed by atoms with van der Waals surface area (Å²) in [5, 5.41) is 11.2. The minimum absolute atomic E-state index is 0.430. The number of fused-ring (bicyclic) bond motifs is 3. The van der Waals surface area contributed by atoms with E-state index < -0.39 is 5.60 Å². The van der Waals surface area contributed by atoms with Crippen molar-refractivity contribution in [1.82, 2.24) is 0 Å². The van der Waals surface area contributed by atoms with Crippen molar-refractivity contribution in [3.63, 3.8) is 0 Å². The first-order valence-electron chi connectivity index (χ1n) is 7.46. The Morgan fingerprint density at radius 3 is 2.26 bits per heavy atom. The second-order valence-corrected chi connectivity index (χ2v) is 6.20. The Hall–Kier alpha value is -1.26. The van der Waals surface area contributed by atoms with Gasteiger partial charge in [0, 0.05) is 6.42 Å². The first-order chi connectivity index (χ1) is 9.24. The molecule has 1 saturated carbocycles. The van der Waals surface area contributed by atoms with Crippen molar-refractivity contribution in [2.75, 3.05) is 0 Å². The maximum absolute atomic E-state index is 11.2. The lowest BCUT2D eigenvalue weighted by Crippen LogP contribution is -2.40. The average Bonchev–Trinajstić information content (AvgIpc) is 2.62. The number of terminal acetylenes is 1. The van der Waals surface area contributed by atoms with Crippen molar-refractivity contribution in [3.8, 4) is 12.3 Å². The lowest BCUT2D eigenvalue weighted by Gasteiger charge is -2.34. The summed E-state index contributed by atoms with van der Waals surface area (Å²) in [5.74, 6) is 3.56. The molecule has 1 aromatic rings. The van der Waals surface area contributed by atoms with Crippen molar-refractivity contribution in [3.05, 3.63) is 35.4 Å². The summed E-state index contributed by atoms with van der Waals surface area (Å²) in [6, 6.07) is 8.71. The summed E-state index contributed by atoms with van der Waals surface area (Å²) in [7, 11) is 0. The summed E-state index contributed by atoms with van der Waals surface area (Å²) in [4.78, 5) is 0. The molecule has 1 N–H and O–H groups in total. The van der Waals surface area contributed by atoms with Gasteiger partial charge in [-0.3, -0.25) is 0 Å². The third-order valence-corrected chi connectivity index (χ3v) is 5.23. The maximum Gasteiger partial charge on any atom is 0.0710 e. The van der Waals surface area contributed by atoms with Crippen molar-refractivity contribution in [1.29, 1.82) is 0 Å². The number of unbranched alkanes of at least 4 members (excludes halogenated alkanes) is 1. The zero-order chi connectivity index (χ0) is 13.3. The van der Waals surface area contributed by atoms with Crippen LogP contribution in [0.2, 0.25) is 0 Å². The normalized spacial score (nSPS) is 32.4. The monoisotopic (exact) mass is 254 g/mol. The first kappa shape index (κ1) is 12.8. The lowest BCUT2D eigenvalue weighted by molar-refractivity contribution is -0.0419. The minimum atomic E-state index is -0.476. The lowest BCUT2D eigenvalue weighted by atomic mass is 9.79. The zero-order valence-corrected chi connectivity index (χ0v) is 11.4. The molecule has 1 heteroatoms. The summed E-state index contributed by atoms with van der Waals surface area (Å²) >= 11 is 0. The van der Waals surface area contributed by atoms with E-state index in [9.17, 15) is 5.11 Å². The minimum Gasteiger partial charge on any atom is -0.389 e. The van der Waals surface area contributed by atoms with Crippen LogP contribution in [0.4, 0.5) is 0 Å². The molecule has 0 heterocycles. The molecule has 1 fully saturated rings. The Morgan fingerprint density at radius 2 is 1.74 bits per heavy atom. The number of benzene rings is 1. The van der Waals surface area contributed by atoms with Gasteiger partial charge in [0.25, 0.3) is 0 Å². The second-order valence-electron chi connectivity index (χ2n) is 6.20. The van der Waals surface area contributed by atoms with E-state index in [-0.39, 0.29) is 0 Å². The molecule has 100 valence electrons. The highest BCUT2D eigenvalue weighted by Gasteiger charge is 2.49. The third-order valence-electron chi connectivity index (χ3n) is 5.23. The molecule has 0 saturated heterocycles. The standard InChI is InChI=1S/C18H22O/c1-2-3-6-11-18(19)16-9-10-17(18)13-15-8-5-4-7-14(15)12-16/h1,4-5,7-8,16-17,19H,3,6,9-13H2. The number of hydrogen-bond donors (Lipinski definition) is 1. The van der Waals surface area contributed by atoms with E-state index in [2.05, 4.69) is 30.2 Å². The molecule has 1 aromatic carbocycles. The molecule has 0 amide bonds. The summed E-state index contributed by atoms with van der Waals surface area (Å²) < 4.78 is 0. The molecule has 0 spiro atoms. The molecule has 19 heavy (non-hydrogen) atoms. The number of hydrogen-bond acceptors (Lipinski definition) is 1. The largest absolute Gasteiger partial charge is 0.389 e. The number of aliphatic hydroxyl groups is 1. The molecule has 3 rings (SSSR count). The van der Waals surface area contributed by atoms with Crippen molar-refractivity contribution < 1.29 is 5.11 Å². The molecule has 0 radical (unpaired) electrons. The molecule has 1 nitrogen and oxygen atoms in total. The molecular weight excluding hydrogens is 232 g/mol. The van der Waals surface area contributed by atoms with E-state index >= 15 is 0 Å². The Labute approximate surface area is 116 Å².